The Hall–Kier alpha value is -3.41. The second-order valence-corrected chi connectivity index (χ2v) is 8.93. The maximum absolute atomic E-state index is 13.5. The molecule has 2 N–H and O–H groups in total. The van der Waals surface area contributed by atoms with Crippen molar-refractivity contribution in [2.45, 2.75) is 51.9 Å². The van der Waals surface area contributed by atoms with E-state index in [9.17, 15) is 35.9 Å². The number of nitrogens with one attached hydrogen (secondary N) is 1. The second kappa shape index (κ2) is 14.1. The van der Waals surface area contributed by atoms with Crippen molar-refractivity contribution in [1.29, 1.82) is 0 Å². The number of halogens is 6. The molecule has 1 amide bonds. The van der Waals surface area contributed by atoms with Crippen molar-refractivity contribution in [2.75, 3.05) is 31.5 Å². The number of hydrogen-bond donors (Lipinski definition) is 2. The first-order valence-electron chi connectivity index (χ1n) is 12.4. The Kier molecular flexibility index (Phi) is 11.5. The molecule has 0 saturated carbocycles. The monoisotopic (exact) mass is 559 g/mol. The van der Waals surface area contributed by atoms with Gasteiger partial charge in [-0.25, -0.2) is 0 Å². The molecule has 0 radical (unpaired) electrons. The number of rotatable bonds is 13. The van der Waals surface area contributed by atoms with Gasteiger partial charge in [-0.1, -0.05) is 44.9 Å². The molecule has 0 aliphatic rings. The predicted molar refractivity (Wildman–Crippen MR) is 136 cm³/mol. The summed E-state index contributed by atoms with van der Waals surface area (Å²) in [5, 5.41) is 11.8. The molecule has 0 heterocycles. The fourth-order valence-electron chi connectivity index (χ4n) is 3.80. The third-order valence-electron chi connectivity index (χ3n) is 5.71. The smallest absolute Gasteiger partial charge is 0.416 e. The van der Waals surface area contributed by atoms with Gasteiger partial charge in [-0.15, -0.1) is 0 Å². The molecule has 0 aliphatic heterocycles. The number of benzene rings is 2. The molecule has 2 rings (SSSR count). The van der Waals surface area contributed by atoms with Gasteiger partial charge in [0.2, 0.25) is 5.91 Å². The zero-order valence-corrected chi connectivity index (χ0v) is 21.6. The summed E-state index contributed by atoms with van der Waals surface area (Å²) in [4.78, 5) is 30.0. The van der Waals surface area contributed by atoms with Crippen molar-refractivity contribution in [3.8, 4) is 0 Å². The van der Waals surface area contributed by atoms with E-state index in [4.69, 9.17) is 5.11 Å². The summed E-state index contributed by atoms with van der Waals surface area (Å²) in [6, 6.07) is 6.67. The maximum atomic E-state index is 13.5. The number of anilines is 1. The Morgan fingerprint density at radius 1 is 0.897 bits per heavy atom. The first kappa shape index (κ1) is 31.8. The number of nitrogens with zero attached hydrogens (tertiary/aromatic N) is 2. The fraction of sp³-hybridized carbons (Fsp3) is 0.444. The van der Waals surface area contributed by atoms with Crippen LogP contribution in [0.2, 0.25) is 0 Å². The number of carboxylic acid groups (broad SMARTS) is 1. The molecule has 0 spiro atoms. The van der Waals surface area contributed by atoms with Crippen LogP contribution in [-0.4, -0.2) is 53.8 Å². The molecule has 2 aromatic rings. The highest BCUT2D eigenvalue weighted by Crippen LogP contribution is 2.37. The van der Waals surface area contributed by atoms with E-state index in [0.717, 1.165) is 25.7 Å². The summed E-state index contributed by atoms with van der Waals surface area (Å²) < 4.78 is 81.0. The highest BCUT2D eigenvalue weighted by molar-refractivity contribution is 6.17. The minimum Gasteiger partial charge on any atom is -0.480 e. The Labute approximate surface area is 222 Å². The molecule has 214 valence electrons. The van der Waals surface area contributed by atoms with Crippen LogP contribution >= 0.6 is 0 Å². The SMILES string of the molecule is CCCCN(CCCC)CC(=O)Nc1ccccc1C(=NCC(=O)O)c1cc(C(F)(F)F)cc(C(F)(F)F)c1. The van der Waals surface area contributed by atoms with Gasteiger partial charge in [0.25, 0.3) is 0 Å². The lowest BCUT2D eigenvalue weighted by molar-refractivity contribution is -0.143. The van der Waals surface area contributed by atoms with Gasteiger partial charge in [-0.05, 0) is 50.2 Å². The fourth-order valence-corrected chi connectivity index (χ4v) is 3.80. The normalized spacial score (nSPS) is 12.6. The van der Waals surface area contributed by atoms with E-state index in [1.54, 1.807) is 0 Å². The van der Waals surface area contributed by atoms with Gasteiger partial charge in [-0.2, -0.15) is 26.3 Å². The molecule has 6 nitrogen and oxygen atoms in total. The zero-order valence-electron chi connectivity index (χ0n) is 21.6. The molecule has 39 heavy (non-hydrogen) atoms. The third kappa shape index (κ3) is 10.0. The summed E-state index contributed by atoms with van der Waals surface area (Å²) in [5.74, 6) is -1.88. The molecule has 2 aromatic carbocycles. The molecular formula is C27H31F6N3O3. The number of hydrogen-bond acceptors (Lipinski definition) is 4. The lowest BCUT2D eigenvalue weighted by Gasteiger charge is -2.22. The Bertz CT molecular complexity index is 1120. The average Bonchev–Trinajstić information content (AvgIpc) is 2.85. The van der Waals surface area contributed by atoms with Crippen molar-refractivity contribution in [3.63, 3.8) is 0 Å². The molecule has 0 aromatic heterocycles. The van der Waals surface area contributed by atoms with Gasteiger partial charge in [0, 0.05) is 11.1 Å². The highest BCUT2D eigenvalue weighted by Gasteiger charge is 2.37. The van der Waals surface area contributed by atoms with Gasteiger partial charge in [0.05, 0.1) is 29.1 Å². The van der Waals surface area contributed by atoms with Gasteiger partial charge in [0.15, 0.2) is 0 Å². The second-order valence-electron chi connectivity index (χ2n) is 8.93. The Morgan fingerprint density at radius 2 is 1.44 bits per heavy atom. The standard InChI is InChI=1S/C27H31F6N3O3/c1-3-5-11-36(12-6-4-2)17-23(37)35-22-10-8-7-9-21(22)25(34-16-24(38)39)18-13-19(26(28,29)30)15-20(14-18)27(31,32)33/h7-10,13-15H,3-6,11-12,16-17H2,1-2H3,(H,35,37)(H,38,39). The highest BCUT2D eigenvalue weighted by atomic mass is 19.4. The summed E-state index contributed by atoms with van der Waals surface area (Å²) in [7, 11) is 0. The van der Waals surface area contributed by atoms with Crippen molar-refractivity contribution >= 4 is 23.3 Å². The van der Waals surface area contributed by atoms with Crippen LogP contribution < -0.4 is 5.32 Å². The van der Waals surface area contributed by atoms with Crippen molar-refractivity contribution < 1.29 is 41.0 Å². The van der Waals surface area contributed by atoms with Crippen molar-refractivity contribution in [2.24, 2.45) is 4.99 Å². The van der Waals surface area contributed by atoms with E-state index in [1.165, 1.54) is 24.3 Å². The van der Waals surface area contributed by atoms with Crippen LogP contribution in [0.4, 0.5) is 32.0 Å². The van der Waals surface area contributed by atoms with Gasteiger partial charge in [0.1, 0.15) is 6.54 Å². The molecule has 0 fully saturated rings. The number of amides is 1. The van der Waals surface area contributed by atoms with Gasteiger partial charge >= 0.3 is 18.3 Å². The summed E-state index contributed by atoms with van der Waals surface area (Å²) in [5.41, 5.74) is -4.11. The average molecular weight is 560 g/mol. The van der Waals surface area contributed by atoms with Crippen LogP contribution in [0.1, 0.15) is 61.8 Å². The molecular weight excluding hydrogens is 528 g/mol. The van der Waals surface area contributed by atoms with Crippen LogP contribution in [0.5, 0.6) is 0 Å². The van der Waals surface area contributed by atoms with E-state index in [0.29, 0.717) is 25.2 Å². The zero-order chi connectivity index (χ0) is 29.2. The summed E-state index contributed by atoms with van der Waals surface area (Å²) >= 11 is 0. The Balaban J connectivity index is 2.56. The number of carbonyl (C=O) groups excluding carboxylic acids is 1. The number of unbranched alkanes of at least 4 members (excludes halogenated alkanes) is 2. The van der Waals surface area contributed by atoms with Gasteiger partial charge in [-0.3, -0.25) is 19.5 Å². The van der Waals surface area contributed by atoms with E-state index >= 15 is 0 Å². The van der Waals surface area contributed by atoms with Crippen LogP contribution in [0, 0.1) is 0 Å². The Morgan fingerprint density at radius 3 is 1.92 bits per heavy atom. The van der Waals surface area contributed by atoms with Crippen LogP contribution in [-0.2, 0) is 21.9 Å². The minimum absolute atomic E-state index is 0.0202. The molecule has 0 saturated heterocycles. The number of aliphatic imine (C=N–C) groups is 1. The first-order chi connectivity index (χ1) is 18.3. The number of aliphatic carboxylic acids is 1. The topological polar surface area (TPSA) is 82.0 Å². The maximum Gasteiger partial charge on any atom is 0.416 e. The lowest BCUT2D eigenvalue weighted by Crippen LogP contribution is -2.35. The predicted octanol–water partition coefficient (Wildman–Crippen LogP) is 6.49. The largest absolute Gasteiger partial charge is 0.480 e. The molecule has 0 unspecified atom stereocenters. The number of carbonyl (C=O) groups is 2. The van der Waals surface area contributed by atoms with Crippen LogP contribution in [0.25, 0.3) is 0 Å². The van der Waals surface area contributed by atoms with Crippen LogP contribution in [0.15, 0.2) is 47.5 Å². The third-order valence-corrected chi connectivity index (χ3v) is 5.71. The van der Waals surface area contributed by atoms with E-state index in [1.807, 2.05) is 18.7 Å². The van der Waals surface area contributed by atoms with Crippen LogP contribution in [0.3, 0.4) is 0 Å². The van der Waals surface area contributed by atoms with Gasteiger partial charge < -0.3 is 10.4 Å². The number of para-hydroxylation sites is 1. The number of alkyl halides is 6. The first-order valence-corrected chi connectivity index (χ1v) is 12.4. The van der Waals surface area contributed by atoms with E-state index in [2.05, 4.69) is 10.3 Å². The lowest BCUT2D eigenvalue weighted by atomic mass is 9.96. The van der Waals surface area contributed by atoms with Crippen molar-refractivity contribution in [1.82, 2.24) is 4.90 Å². The summed E-state index contributed by atoms with van der Waals surface area (Å²) in [6.45, 7) is 4.51. The number of carboxylic acids is 1. The van der Waals surface area contributed by atoms with E-state index < -0.39 is 53.2 Å². The molecule has 12 heteroatoms. The summed E-state index contributed by atoms with van der Waals surface area (Å²) in [6.07, 6.45) is -6.63. The molecule has 0 bridgehead atoms. The minimum atomic E-state index is -5.11. The van der Waals surface area contributed by atoms with E-state index in [-0.39, 0.29) is 23.9 Å². The quantitative estimate of drug-likeness (QED) is 0.217. The molecule has 0 atom stereocenters. The van der Waals surface area contributed by atoms with Crippen molar-refractivity contribution in [3.05, 3.63) is 64.7 Å². The molecule has 0 aliphatic carbocycles.